The van der Waals surface area contributed by atoms with Crippen LogP contribution in [0.5, 0.6) is 5.75 Å². The number of anilines is 1. The highest BCUT2D eigenvalue weighted by atomic mass is 19.4. The Morgan fingerprint density at radius 3 is 2.13 bits per heavy atom. The van der Waals surface area contributed by atoms with Gasteiger partial charge < -0.3 is 19.4 Å². The van der Waals surface area contributed by atoms with Crippen molar-refractivity contribution in [2.24, 2.45) is 0 Å². The van der Waals surface area contributed by atoms with E-state index in [1.54, 1.807) is 7.11 Å². The maximum Gasteiger partial charge on any atom is 0.416 e. The minimum absolute atomic E-state index is 0.0637. The molecule has 30 heavy (non-hydrogen) atoms. The molecule has 0 aromatic heterocycles. The topological polar surface area (TPSA) is 37.2 Å². The van der Waals surface area contributed by atoms with E-state index in [2.05, 4.69) is 4.90 Å². The molecule has 8 heteroatoms. The number of halogens is 3. The van der Waals surface area contributed by atoms with Gasteiger partial charge in [0.05, 0.1) is 19.7 Å². The number of hydrogen-bond donors (Lipinski definition) is 1. The van der Waals surface area contributed by atoms with Crippen LogP contribution in [0.2, 0.25) is 0 Å². The summed E-state index contributed by atoms with van der Waals surface area (Å²) >= 11 is 0. The second kappa shape index (κ2) is 9.38. The van der Waals surface area contributed by atoms with Gasteiger partial charge in [0.15, 0.2) is 6.54 Å². The molecule has 1 aliphatic heterocycles. The van der Waals surface area contributed by atoms with Gasteiger partial charge in [-0.25, -0.2) is 0 Å². The molecule has 1 heterocycles. The van der Waals surface area contributed by atoms with Crippen molar-refractivity contribution in [1.82, 2.24) is 4.90 Å². The zero-order valence-corrected chi connectivity index (χ0v) is 17.2. The lowest BCUT2D eigenvalue weighted by atomic mass is 10.1. The Bertz CT molecular complexity index is 830. The first-order chi connectivity index (χ1) is 14.3. The van der Waals surface area contributed by atoms with E-state index in [0.29, 0.717) is 26.2 Å². The molecule has 0 saturated carbocycles. The van der Waals surface area contributed by atoms with E-state index in [1.165, 1.54) is 12.1 Å². The van der Waals surface area contributed by atoms with Gasteiger partial charge >= 0.3 is 6.18 Å². The smallest absolute Gasteiger partial charge is 0.416 e. The van der Waals surface area contributed by atoms with E-state index in [0.717, 1.165) is 47.1 Å². The molecule has 1 N–H and O–H groups in total. The van der Waals surface area contributed by atoms with Crippen LogP contribution in [0.4, 0.5) is 18.9 Å². The van der Waals surface area contributed by atoms with Crippen LogP contribution in [-0.4, -0.2) is 57.7 Å². The SMILES string of the molecule is COc1ccc(N2CCN(C(=O)C[NH+](C)Cc3ccc(C(F)(F)F)cc3)CC2)cc1. The number of methoxy groups -OCH3 is 1. The van der Waals surface area contributed by atoms with E-state index in [1.807, 2.05) is 36.2 Å². The summed E-state index contributed by atoms with van der Waals surface area (Å²) in [6.45, 7) is 3.63. The zero-order chi connectivity index (χ0) is 21.7. The minimum Gasteiger partial charge on any atom is -0.497 e. The number of piperazine rings is 1. The normalized spacial score (nSPS) is 15.8. The summed E-state index contributed by atoms with van der Waals surface area (Å²) in [4.78, 5) is 17.7. The Labute approximate surface area is 174 Å². The minimum atomic E-state index is -4.33. The predicted molar refractivity (Wildman–Crippen MR) is 109 cm³/mol. The number of hydrogen-bond acceptors (Lipinski definition) is 3. The van der Waals surface area contributed by atoms with Crippen LogP contribution in [0, 0.1) is 0 Å². The summed E-state index contributed by atoms with van der Waals surface area (Å²) in [7, 11) is 3.51. The fourth-order valence-corrected chi connectivity index (χ4v) is 3.60. The third-order valence-electron chi connectivity index (χ3n) is 5.31. The van der Waals surface area contributed by atoms with Crippen molar-refractivity contribution < 1.29 is 27.6 Å². The van der Waals surface area contributed by atoms with Gasteiger partial charge in [-0.05, 0) is 36.4 Å². The molecule has 1 fully saturated rings. The van der Waals surface area contributed by atoms with E-state index in [4.69, 9.17) is 4.74 Å². The summed E-state index contributed by atoms with van der Waals surface area (Å²) in [6.07, 6.45) is -4.33. The molecule has 5 nitrogen and oxygen atoms in total. The lowest BCUT2D eigenvalue weighted by Crippen LogP contribution is -3.09. The zero-order valence-electron chi connectivity index (χ0n) is 17.2. The fourth-order valence-electron chi connectivity index (χ4n) is 3.60. The van der Waals surface area contributed by atoms with Crippen LogP contribution in [0.3, 0.4) is 0 Å². The first kappa shape index (κ1) is 22.0. The number of nitrogens with zero attached hydrogens (tertiary/aromatic N) is 2. The number of nitrogens with one attached hydrogen (secondary N) is 1. The quantitative estimate of drug-likeness (QED) is 0.775. The fraction of sp³-hybridized carbons (Fsp3) is 0.409. The van der Waals surface area contributed by atoms with Crippen LogP contribution >= 0.6 is 0 Å². The summed E-state index contributed by atoms with van der Waals surface area (Å²) in [5.41, 5.74) is 1.22. The molecule has 1 saturated heterocycles. The number of quaternary nitrogens is 1. The average molecular weight is 422 g/mol. The van der Waals surface area contributed by atoms with Crippen molar-refractivity contribution >= 4 is 11.6 Å². The van der Waals surface area contributed by atoms with Crippen LogP contribution < -0.4 is 14.5 Å². The van der Waals surface area contributed by atoms with Gasteiger partial charge in [0.1, 0.15) is 12.3 Å². The first-order valence-electron chi connectivity index (χ1n) is 9.90. The predicted octanol–water partition coefficient (Wildman–Crippen LogP) is 2.08. The maximum atomic E-state index is 12.7. The van der Waals surface area contributed by atoms with Crippen LogP contribution in [0.1, 0.15) is 11.1 Å². The Balaban J connectivity index is 1.46. The molecule has 1 aliphatic rings. The van der Waals surface area contributed by atoms with Crippen LogP contribution in [0.25, 0.3) is 0 Å². The molecule has 0 radical (unpaired) electrons. The highest BCUT2D eigenvalue weighted by Gasteiger charge is 2.30. The third kappa shape index (κ3) is 5.66. The first-order valence-corrected chi connectivity index (χ1v) is 9.90. The number of benzene rings is 2. The number of likely N-dealkylation sites (N-methyl/N-ethyl adjacent to an activating group) is 1. The number of carbonyl (C=O) groups is 1. The molecule has 0 aliphatic carbocycles. The molecule has 1 atom stereocenters. The van der Waals surface area contributed by atoms with Crippen molar-refractivity contribution in [2.75, 3.05) is 51.8 Å². The Hall–Kier alpha value is -2.74. The molecule has 1 unspecified atom stereocenters. The van der Waals surface area contributed by atoms with Gasteiger partial charge in [-0.15, -0.1) is 0 Å². The van der Waals surface area contributed by atoms with Crippen molar-refractivity contribution in [1.29, 1.82) is 0 Å². The molecule has 0 spiro atoms. The molecule has 162 valence electrons. The van der Waals surface area contributed by atoms with Crippen molar-refractivity contribution in [3.63, 3.8) is 0 Å². The van der Waals surface area contributed by atoms with Crippen molar-refractivity contribution in [3.8, 4) is 5.75 Å². The summed E-state index contributed by atoms with van der Waals surface area (Å²) in [5, 5.41) is 0. The highest BCUT2D eigenvalue weighted by Crippen LogP contribution is 2.29. The monoisotopic (exact) mass is 422 g/mol. The van der Waals surface area contributed by atoms with E-state index < -0.39 is 11.7 Å². The molecule has 2 aromatic rings. The number of alkyl halides is 3. The number of ether oxygens (including phenoxy) is 1. The van der Waals surface area contributed by atoms with Crippen molar-refractivity contribution in [2.45, 2.75) is 12.7 Å². The Morgan fingerprint density at radius 1 is 1.00 bits per heavy atom. The molecule has 3 rings (SSSR count). The molecular weight excluding hydrogens is 395 g/mol. The van der Waals surface area contributed by atoms with E-state index >= 15 is 0 Å². The average Bonchev–Trinajstić information content (AvgIpc) is 2.73. The summed E-state index contributed by atoms with van der Waals surface area (Å²) in [5.74, 6) is 0.875. The number of rotatable bonds is 6. The molecule has 1 amide bonds. The molecular formula is C22H27F3N3O2+. The summed E-state index contributed by atoms with van der Waals surface area (Å²) < 4.78 is 43.2. The summed E-state index contributed by atoms with van der Waals surface area (Å²) in [6, 6.07) is 13.0. The van der Waals surface area contributed by atoms with Crippen LogP contribution in [-0.2, 0) is 17.5 Å². The third-order valence-corrected chi connectivity index (χ3v) is 5.31. The maximum absolute atomic E-state index is 12.7. The van der Waals surface area contributed by atoms with Gasteiger partial charge in [-0.1, -0.05) is 12.1 Å². The lowest BCUT2D eigenvalue weighted by molar-refractivity contribution is -0.885. The number of amides is 1. The Morgan fingerprint density at radius 2 is 1.60 bits per heavy atom. The highest BCUT2D eigenvalue weighted by molar-refractivity contribution is 5.77. The van der Waals surface area contributed by atoms with E-state index in [-0.39, 0.29) is 5.91 Å². The second-order valence-corrected chi connectivity index (χ2v) is 7.57. The number of carbonyl (C=O) groups excluding carboxylic acids is 1. The van der Waals surface area contributed by atoms with Gasteiger partial charge in [-0.2, -0.15) is 13.2 Å². The van der Waals surface area contributed by atoms with E-state index in [9.17, 15) is 18.0 Å². The van der Waals surface area contributed by atoms with Crippen LogP contribution in [0.15, 0.2) is 48.5 Å². The van der Waals surface area contributed by atoms with Gasteiger partial charge in [0, 0.05) is 37.4 Å². The van der Waals surface area contributed by atoms with Gasteiger partial charge in [0.25, 0.3) is 5.91 Å². The molecule has 2 aromatic carbocycles. The second-order valence-electron chi connectivity index (χ2n) is 7.57. The van der Waals surface area contributed by atoms with Crippen molar-refractivity contribution in [3.05, 3.63) is 59.7 Å². The lowest BCUT2D eigenvalue weighted by Gasteiger charge is -2.36. The standard InChI is InChI=1S/C22H26F3N3O2/c1-26(15-17-3-5-18(6-4-17)22(23,24)25)16-21(29)28-13-11-27(12-14-28)19-7-9-20(30-2)10-8-19/h3-10H,11-16H2,1-2H3/p+1. The largest absolute Gasteiger partial charge is 0.497 e. The Kier molecular flexibility index (Phi) is 6.87. The van der Waals surface area contributed by atoms with Gasteiger partial charge in [0.2, 0.25) is 0 Å². The van der Waals surface area contributed by atoms with Gasteiger partial charge in [-0.3, -0.25) is 4.79 Å². The molecule has 0 bridgehead atoms.